The van der Waals surface area contributed by atoms with E-state index in [-0.39, 0.29) is 17.7 Å². The van der Waals surface area contributed by atoms with E-state index in [1.165, 1.54) is 0 Å². The second kappa shape index (κ2) is 34.7. The summed E-state index contributed by atoms with van der Waals surface area (Å²) in [5.41, 5.74) is 16.2. The fourth-order valence-corrected chi connectivity index (χ4v) is 10.1. The van der Waals surface area contributed by atoms with Crippen molar-refractivity contribution in [2.75, 3.05) is 27.8 Å². The van der Waals surface area contributed by atoms with Gasteiger partial charge in [0.1, 0.15) is 17.1 Å². The molecular formula is C70H92N12O3. The molecule has 3 aliphatic heterocycles. The van der Waals surface area contributed by atoms with Crippen molar-refractivity contribution in [2.24, 2.45) is 0 Å². The number of carbonyl (C=O) groups is 3. The lowest BCUT2D eigenvalue weighted by Gasteiger charge is -2.28. The molecule has 0 N–H and O–H groups in total. The maximum atomic E-state index is 13.2. The summed E-state index contributed by atoms with van der Waals surface area (Å²) in [7, 11) is 0. The zero-order chi connectivity index (χ0) is 62.8. The van der Waals surface area contributed by atoms with Gasteiger partial charge >= 0.3 is 0 Å². The molecule has 3 aliphatic rings. The lowest BCUT2D eigenvalue weighted by molar-refractivity contribution is -0.118. The average Bonchev–Trinajstić information content (AvgIpc) is 2.60. The van der Waals surface area contributed by atoms with Gasteiger partial charge in [0, 0.05) is 83.7 Å². The van der Waals surface area contributed by atoms with Gasteiger partial charge in [0.05, 0.1) is 40.7 Å². The highest BCUT2D eigenvalue weighted by Gasteiger charge is 2.33. The van der Waals surface area contributed by atoms with E-state index in [2.05, 4.69) is 50.0 Å². The van der Waals surface area contributed by atoms with E-state index in [1.54, 1.807) is 0 Å². The molecule has 0 aliphatic carbocycles. The molecule has 15 heteroatoms. The van der Waals surface area contributed by atoms with Gasteiger partial charge < -0.3 is 14.7 Å². The number of fused-ring (bicyclic) bond motifs is 15. The first-order valence-electron chi connectivity index (χ1n) is 31.1. The Hall–Kier alpha value is -8.85. The summed E-state index contributed by atoms with van der Waals surface area (Å²) in [6.07, 6.45) is 0.467. The average molecular weight is 1150 g/mol. The van der Waals surface area contributed by atoms with E-state index in [4.69, 9.17) is 0 Å². The minimum absolute atomic E-state index is 0.00255. The Bertz CT molecular complexity index is 3540. The van der Waals surface area contributed by atoms with Gasteiger partial charge in [-0.15, -0.1) is 15.3 Å². The van der Waals surface area contributed by atoms with Crippen molar-refractivity contribution in [1.82, 2.24) is 45.0 Å². The second-order valence-electron chi connectivity index (χ2n) is 17.5. The number of para-hydroxylation sites is 3. The lowest BCUT2D eigenvalue weighted by Crippen LogP contribution is -2.32. The third-order valence-corrected chi connectivity index (χ3v) is 13.6. The number of aryl methyl sites for hydroxylation is 3. The van der Waals surface area contributed by atoms with Gasteiger partial charge in [0.25, 0.3) is 11.8 Å². The molecule has 9 aromatic rings. The van der Waals surface area contributed by atoms with Crippen molar-refractivity contribution >= 4 is 34.8 Å². The molecule has 0 spiro atoms. The van der Waals surface area contributed by atoms with E-state index >= 15 is 0 Å². The van der Waals surface area contributed by atoms with E-state index in [1.807, 2.05) is 280 Å². The third-order valence-electron chi connectivity index (χ3n) is 13.6. The number of hydrogen-bond donors (Lipinski definition) is 0. The van der Waals surface area contributed by atoms with E-state index in [9.17, 15) is 14.4 Å². The Morgan fingerprint density at radius 1 is 0.353 bits per heavy atom. The first kappa shape index (κ1) is 68.6. The summed E-state index contributed by atoms with van der Waals surface area (Å²) >= 11 is 0. The number of hydrogen-bond acceptors (Lipinski definition) is 9. The van der Waals surface area contributed by atoms with Crippen LogP contribution in [0.15, 0.2) is 146 Å². The maximum Gasteiger partial charge on any atom is 0.258 e. The monoisotopic (exact) mass is 1150 g/mol. The van der Waals surface area contributed by atoms with Gasteiger partial charge in [0.2, 0.25) is 5.91 Å². The van der Waals surface area contributed by atoms with E-state index in [0.717, 1.165) is 103 Å². The van der Waals surface area contributed by atoms with Gasteiger partial charge in [-0.05, 0) is 70.5 Å². The van der Waals surface area contributed by atoms with Crippen LogP contribution in [0.2, 0.25) is 0 Å². The molecule has 0 radical (unpaired) electrons. The van der Waals surface area contributed by atoms with Crippen LogP contribution in [0.5, 0.6) is 0 Å². The molecule has 450 valence electrons. The molecule has 0 fully saturated rings. The SMILES string of the molecule is CC.CC.CC.CC.CC.CC.CCC(=O)N1Cc2ccccc2-c2nnn(CC)c2-c2ccccc21.CCN1C(=O)c2ccccc2-c2c(nnn2CC)-c2ccccc21.CCN1C(=O)c2ccccc2-c2nnn(CC)c2-c2ccccc21. The molecule has 85 heavy (non-hydrogen) atoms. The molecule has 0 unspecified atom stereocenters. The van der Waals surface area contributed by atoms with Gasteiger partial charge in [0.15, 0.2) is 0 Å². The minimum Gasteiger partial charge on any atom is -0.308 e. The summed E-state index contributed by atoms with van der Waals surface area (Å²) in [6.45, 7) is 39.9. The van der Waals surface area contributed by atoms with E-state index in [0.29, 0.717) is 43.7 Å². The molecular weight excluding hydrogens is 1060 g/mol. The van der Waals surface area contributed by atoms with Crippen molar-refractivity contribution in [3.05, 3.63) is 162 Å². The zero-order valence-electron chi connectivity index (χ0n) is 53.9. The van der Waals surface area contributed by atoms with Gasteiger partial charge in [-0.3, -0.25) is 14.4 Å². The molecule has 0 saturated carbocycles. The molecule has 6 heterocycles. The Labute approximate surface area is 506 Å². The maximum absolute atomic E-state index is 13.2. The number of aromatic nitrogens is 9. The molecule has 0 bridgehead atoms. The molecule has 6 aromatic carbocycles. The Balaban J connectivity index is 0.000000251. The highest BCUT2D eigenvalue weighted by molar-refractivity contribution is 6.15. The van der Waals surface area contributed by atoms with Gasteiger partial charge in [-0.2, -0.15) is 0 Å². The second-order valence-corrected chi connectivity index (χ2v) is 17.5. The molecule has 15 nitrogen and oxygen atoms in total. The van der Waals surface area contributed by atoms with Gasteiger partial charge in [-0.1, -0.05) is 221 Å². The summed E-state index contributed by atoms with van der Waals surface area (Å²) in [6, 6.07) is 47.4. The first-order valence-corrected chi connectivity index (χ1v) is 31.1. The number of anilines is 3. The number of benzene rings is 6. The van der Waals surface area contributed by atoms with Crippen LogP contribution in [0.4, 0.5) is 17.1 Å². The van der Waals surface area contributed by atoms with Crippen LogP contribution in [0.25, 0.3) is 67.5 Å². The van der Waals surface area contributed by atoms with Crippen LogP contribution in [0.1, 0.15) is 157 Å². The van der Waals surface area contributed by atoms with Crippen molar-refractivity contribution in [1.29, 1.82) is 0 Å². The molecule has 0 saturated heterocycles. The molecule has 0 atom stereocenters. The van der Waals surface area contributed by atoms with Crippen molar-refractivity contribution < 1.29 is 14.4 Å². The summed E-state index contributed by atoms with van der Waals surface area (Å²) in [5, 5.41) is 26.3. The topological polar surface area (TPSA) is 153 Å². The Kier molecular flexibility index (Phi) is 28.0. The quantitative estimate of drug-likeness (QED) is 0.158. The number of nitrogens with zero attached hydrogens (tertiary/aromatic N) is 12. The molecule has 12 rings (SSSR count). The minimum atomic E-state index is -0.00255. The fraction of sp³-hybridized carbons (Fsp3) is 0.357. The summed E-state index contributed by atoms with van der Waals surface area (Å²) < 4.78 is 5.67. The first-order chi connectivity index (χ1) is 41.8. The highest BCUT2D eigenvalue weighted by Crippen LogP contribution is 2.44. The van der Waals surface area contributed by atoms with Crippen LogP contribution in [-0.2, 0) is 31.0 Å². The zero-order valence-corrected chi connectivity index (χ0v) is 53.9. The highest BCUT2D eigenvalue weighted by atomic mass is 16.2. The summed E-state index contributed by atoms with van der Waals surface area (Å²) in [4.78, 5) is 44.5. The van der Waals surface area contributed by atoms with Crippen molar-refractivity contribution in [2.45, 2.75) is 157 Å². The van der Waals surface area contributed by atoms with Crippen molar-refractivity contribution in [3.8, 4) is 67.5 Å². The Morgan fingerprint density at radius 2 is 0.659 bits per heavy atom. The van der Waals surface area contributed by atoms with Crippen LogP contribution in [0.3, 0.4) is 0 Å². The number of rotatable bonds is 6. The smallest absolute Gasteiger partial charge is 0.258 e. The van der Waals surface area contributed by atoms with Crippen LogP contribution < -0.4 is 14.7 Å². The predicted octanol–water partition coefficient (Wildman–Crippen LogP) is 17.3. The van der Waals surface area contributed by atoms with Crippen LogP contribution in [0, 0.1) is 0 Å². The number of amides is 3. The predicted molar refractivity (Wildman–Crippen MR) is 354 cm³/mol. The molecule has 3 aromatic heterocycles. The number of carbonyl (C=O) groups excluding carboxylic acids is 3. The van der Waals surface area contributed by atoms with Crippen LogP contribution >= 0.6 is 0 Å². The van der Waals surface area contributed by atoms with Crippen LogP contribution in [-0.4, -0.2) is 75.8 Å². The summed E-state index contributed by atoms with van der Waals surface area (Å²) in [5.74, 6) is 0.119. The largest absolute Gasteiger partial charge is 0.308 e. The third kappa shape index (κ3) is 14.2. The molecule has 3 amide bonds. The Morgan fingerprint density at radius 3 is 1.09 bits per heavy atom. The van der Waals surface area contributed by atoms with Crippen molar-refractivity contribution in [3.63, 3.8) is 0 Å². The van der Waals surface area contributed by atoms with E-state index < -0.39 is 0 Å². The normalized spacial score (nSPS) is 11.4. The van der Waals surface area contributed by atoms with Gasteiger partial charge in [-0.25, -0.2) is 14.0 Å². The lowest BCUT2D eigenvalue weighted by atomic mass is 9.95. The standard InChI is InChI=1S/C20H20N4O.2C19H18N4O.6C2H6/c1-3-18(25)23-13-14-9-5-6-10-15(14)19-20(24(4-2)22-21-19)16-11-7-8-12-17(16)23;1-3-22-16-12-8-7-11-15(16)17-18(23(4-2)21-20-17)13-9-5-6-10-14(13)19(22)24;1-3-22-16-12-8-7-11-15(16)18-17(20-21-23(18)4-2)13-9-5-6-10-14(13)19(22)24;6*1-2/h5-12H,3-4,13H2,1-2H3;2*5-12H,3-4H2,1-2H3;6*1-2H3. The fourth-order valence-electron chi connectivity index (χ4n) is 10.1.